The molecule has 1 aromatic heterocycles. The number of nitrogens with one attached hydrogen (secondary N) is 2. The van der Waals surface area contributed by atoms with E-state index in [1.807, 2.05) is 31.2 Å². The maximum Gasteiger partial charge on any atom is 0.422 e. The van der Waals surface area contributed by atoms with Gasteiger partial charge in [0.25, 0.3) is 0 Å². The molecule has 0 saturated heterocycles. The fourth-order valence-corrected chi connectivity index (χ4v) is 2.23. The van der Waals surface area contributed by atoms with Crippen LogP contribution in [0.2, 0.25) is 0 Å². The van der Waals surface area contributed by atoms with Crippen LogP contribution in [-0.2, 0) is 13.1 Å². The van der Waals surface area contributed by atoms with E-state index in [4.69, 9.17) is 4.74 Å². The summed E-state index contributed by atoms with van der Waals surface area (Å²) < 4.78 is 46.2. The number of ether oxygens (including phenoxy) is 2. The Kier molecular flexibility index (Phi) is 7.91. The highest BCUT2D eigenvalue weighted by atomic mass is 19.4. The molecule has 0 aliphatic carbocycles. The van der Waals surface area contributed by atoms with E-state index in [0.717, 1.165) is 16.9 Å². The van der Waals surface area contributed by atoms with Crippen molar-refractivity contribution in [3.63, 3.8) is 0 Å². The molecule has 152 valence electrons. The summed E-state index contributed by atoms with van der Waals surface area (Å²) in [5.41, 5.74) is 1.79. The molecule has 1 aromatic carbocycles. The lowest BCUT2D eigenvalue weighted by molar-refractivity contribution is -0.154. The maximum absolute atomic E-state index is 12.1. The van der Waals surface area contributed by atoms with Crippen molar-refractivity contribution in [1.29, 1.82) is 0 Å². The molecule has 0 radical (unpaired) electrons. The SMILES string of the molecule is CCNC(=NCc1ccc(OCC(F)(F)F)nc1)NCc1cccc(OC)c1. The van der Waals surface area contributed by atoms with Crippen LogP contribution < -0.4 is 20.1 Å². The van der Waals surface area contributed by atoms with E-state index in [2.05, 4.69) is 25.3 Å². The summed E-state index contributed by atoms with van der Waals surface area (Å²) in [5, 5.41) is 6.36. The normalized spacial score (nSPS) is 11.8. The molecule has 0 unspecified atom stereocenters. The maximum atomic E-state index is 12.1. The van der Waals surface area contributed by atoms with E-state index in [1.165, 1.54) is 12.3 Å². The summed E-state index contributed by atoms with van der Waals surface area (Å²) in [7, 11) is 1.62. The van der Waals surface area contributed by atoms with Crippen molar-refractivity contribution in [3.8, 4) is 11.6 Å². The second-order valence-corrected chi connectivity index (χ2v) is 5.81. The number of rotatable bonds is 8. The molecule has 2 N–H and O–H groups in total. The predicted octanol–water partition coefficient (Wildman–Crippen LogP) is 3.29. The second-order valence-electron chi connectivity index (χ2n) is 5.81. The van der Waals surface area contributed by atoms with Gasteiger partial charge in [0, 0.05) is 25.4 Å². The Morgan fingerprint density at radius 3 is 2.61 bits per heavy atom. The lowest BCUT2D eigenvalue weighted by Gasteiger charge is -2.12. The molecule has 2 aromatic rings. The van der Waals surface area contributed by atoms with Gasteiger partial charge in [0.2, 0.25) is 5.88 Å². The molecule has 0 atom stereocenters. The number of aliphatic imine (C=N–C) groups is 1. The number of nitrogens with zero attached hydrogens (tertiary/aromatic N) is 2. The van der Waals surface area contributed by atoms with Crippen LogP contribution in [0.3, 0.4) is 0 Å². The smallest absolute Gasteiger partial charge is 0.422 e. The highest BCUT2D eigenvalue weighted by Crippen LogP contribution is 2.17. The summed E-state index contributed by atoms with van der Waals surface area (Å²) in [5.74, 6) is 1.32. The largest absolute Gasteiger partial charge is 0.497 e. The molecular formula is C19H23F3N4O2. The predicted molar refractivity (Wildman–Crippen MR) is 100 cm³/mol. The minimum atomic E-state index is -4.39. The first-order valence-corrected chi connectivity index (χ1v) is 8.69. The van der Waals surface area contributed by atoms with E-state index in [1.54, 1.807) is 13.2 Å². The molecule has 0 bridgehead atoms. The Morgan fingerprint density at radius 2 is 1.96 bits per heavy atom. The van der Waals surface area contributed by atoms with Crippen molar-refractivity contribution in [3.05, 3.63) is 53.7 Å². The van der Waals surface area contributed by atoms with Crippen LogP contribution in [-0.4, -0.2) is 37.4 Å². The number of hydrogen-bond acceptors (Lipinski definition) is 4. The second kappa shape index (κ2) is 10.4. The Labute approximate surface area is 161 Å². The van der Waals surface area contributed by atoms with Gasteiger partial charge in [-0.15, -0.1) is 0 Å². The Bertz CT molecular complexity index is 765. The first kappa shape index (κ1) is 21.3. The Balaban J connectivity index is 1.92. The Hall–Kier alpha value is -2.97. The standard InChI is InChI=1S/C19H23F3N4O2/c1-3-23-18(25-10-14-5-4-6-16(9-14)27-2)26-12-15-7-8-17(24-11-15)28-13-19(20,21)22/h4-9,11H,3,10,12-13H2,1-2H3,(H2,23,25,26). The third-order valence-electron chi connectivity index (χ3n) is 3.54. The molecule has 0 amide bonds. The Morgan fingerprint density at radius 1 is 1.14 bits per heavy atom. The third-order valence-corrected chi connectivity index (χ3v) is 3.54. The highest BCUT2D eigenvalue weighted by Gasteiger charge is 2.28. The number of aromatic nitrogens is 1. The molecule has 0 spiro atoms. The van der Waals surface area contributed by atoms with Gasteiger partial charge in [-0.1, -0.05) is 18.2 Å². The topological polar surface area (TPSA) is 67.8 Å². The molecule has 0 fully saturated rings. The van der Waals surface area contributed by atoms with E-state index >= 15 is 0 Å². The number of hydrogen-bond donors (Lipinski definition) is 2. The monoisotopic (exact) mass is 396 g/mol. The molecule has 2 rings (SSSR count). The van der Waals surface area contributed by atoms with Crippen molar-refractivity contribution in [2.75, 3.05) is 20.3 Å². The van der Waals surface area contributed by atoms with E-state index < -0.39 is 12.8 Å². The van der Waals surface area contributed by atoms with Gasteiger partial charge in [-0.3, -0.25) is 0 Å². The summed E-state index contributed by atoms with van der Waals surface area (Å²) in [4.78, 5) is 8.33. The van der Waals surface area contributed by atoms with E-state index in [0.29, 0.717) is 25.6 Å². The van der Waals surface area contributed by atoms with Gasteiger partial charge < -0.3 is 20.1 Å². The van der Waals surface area contributed by atoms with E-state index in [9.17, 15) is 13.2 Å². The minimum Gasteiger partial charge on any atom is -0.497 e. The van der Waals surface area contributed by atoms with Crippen LogP contribution in [0.4, 0.5) is 13.2 Å². The van der Waals surface area contributed by atoms with E-state index in [-0.39, 0.29) is 5.88 Å². The first-order chi connectivity index (χ1) is 13.4. The molecule has 1 heterocycles. The molecule has 0 aliphatic heterocycles. The first-order valence-electron chi connectivity index (χ1n) is 8.69. The number of guanidine groups is 1. The van der Waals surface area contributed by atoms with Crippen molar-refractivity contribution in [2.24, 2.45) is 4.99 Å². The number of methoxy groups -OCH3 is 1. The zero-order chi connectivity index (χ0) is 20.4. The van der Waals surface area contributed by atoms with Gasteiger partial charge in [-0.25, -0.2) is 9.98 Å². The van der Waals surface area contributed by atoms with Crippen LogP contribution >= 0.6 is 0 Å². The molecule has 0 aliphatic rings. The summed E-state index contributed by atoms with van der Waals surface area (Å²) in [6.07, 6.45) is -2.94. The summed E-state index contributed by atoms with van der Waals surface area (Å²) in [6, 6.07) is 10.7. The van der Waals surface area contributed by atoms with Crippen LogP contribution in [0.15, 0.2) is 47.6 Å². The number of alkyl halides is 3. The van der Waals surface area contributed by atoms with Gasteiger partial charge in [0.05, 0.1) is 13.7 Å². The third kappa shape index (κ3) is 7.73. The number of halogens is 3. The van der Waals surface area contributed by atoms with Crippen molar-refractivity contribution in [1.82, 2.24) is 15.6 Å². The van der Waals surface area contributed by atoms with Gasteiger partial charge in [0.15, 0.2) is 12.6 Å². The number of pyridine rings is 1. The van der Waals surface area contributed by atoms with Crippen LogP contribution in [0, 0.1) is 0 Å². The fraction of sp³-hybridized carbons (Fsp3) is 0.368. The molecule has 9 heteroatoms. The van der Waals surface area contributed by atoms with Gasteiger partial charge in [-0.2, -0.15) is 13.2 Å². The van der Waals surface area contributed by atoms with Crippen molar-refractivity contribution in [2.45, 2.75) is 26.2 Å². The lowest BCUT2D eigenvalue weighted by Crippen LogP contribution is -2.36. The van der Waals surface area contributed by atoms with Crippen LogP contribution in [0.1, 0.15) is 18.1 Å². The van der Waals surface area contributed by atoms with Crippen LogP contribution in [0.5, 0.6) is 11.6 Å². The van der Waals surface area contributed by atoms with Crippen LogP contribution in [0.25, 0.3) is 0 Å². The van der Waals surface area contributed by atoms with Gasteiger partial charge in [-0.05, 0) is 30.2 Å². The summed E-state index contributed by atoms with van der Waals surface area (Å²) in [6.45, 7) is 2.16. The number of benzene rings is 1. The molecule has 28 heavy (non-hydrogen) atoms. The highest BCUT2D eigenvalue weighted by molar-refractivity contribution is 5.79. The quantitative estimate of drug-likeness (QED) is 0.530. The lowest BCUT2D eigenvalue weighted by atomic mass is 10.2. The van der Waals surface area contributed by atoms with Crippen molar-refractivity contribution >= 4 is 5.96 Å². The minimum absolute atomic E-state index is 0.0758. The zero-order valence-electron chi connectivity index (χ0n) is 15.7. The molecule has 6 nitrogen and oxygen atoms in total. The average Bonchev–Trinajstić information content (AvgIpc) is 2.69. The fourth-order valence-electron chi connectivity index (χ4n) is 2.23. The summed E-state index contributed by atoms with van der Waals surface area (Å²) >= 11 is 0. The van der Waals surface area contributed by atoms with Gasteiger partial charge >= 0.3 is 6.18 Å². The average molecular weight is 396 g/mol. The van der Waals surface area contributed by atoms with Gasteiger partial charge in [0.1, 0.15) is 5.75 Å². The molecule has 0 saturated carbocycles. The molecular weight excluding hydrogens is 373 g/mol. The zero-order valence-corrected chi connectivity index (χ0v) is 15.7. The van der Waals surface area contributed by atoms with Crippen molar-refractivity contribution < 1.29 is 22.6 Å².